The molecule has 2 aromatic carbocycles. The van der Waals surface area contributed by atoms with E-state index < -0.39 is 57.5 Å². The second-order valence-corrected chi connectivity index (χ2v) is 3.74. The van der Waals surface area contributed by atoms with Crippen LogP contribution in [0.1, 0.15) is 0 Å². The Morgan fingerprint density at radius 1 is 0.600 bits per heavy atom. The molecule has 20 heavy (non-hydrogen) atoms. The molecule has 0 unspecified atom stereocenters. The van der Waals surface area contributed by atoms with Gasteiger partial charge in [0.15, 0.2) is 34.8 Å². The SMILES string of the molecule is Oc1c(F)ccc(-c2c(F)c(F)c(O)c(F)c2F)c1F. The zero-order valence-electron chi connectivity index (χ0n) is 9.32. The zero-order valence-corrected chi connectivity index (χ0v) is 9.32. The van der Waals surface area contributed by atoms with Gasteiger partial charge in [0.25, 0.3) is 0 Å². The number of halogens is 6. The molecular formula is C12H4F6O2. The number of benzene rings is 2. The van der Waals surface area contributed by atoms with E-state index in [2.05, 4.69) is 0 Å². The third-order valence-electron chi connectivity index (χ3n) is 2.58. The highest BCUT2D eigenvalue weighted by atomic mass is 19.2. The van der Waals surface area contributed by atoms with E-state index in [1.54, 1.807) is 0 Å². The minimum absolute atomic E-state index is 0.454. The molecule has 0 spiro atoms. The monoisotopic (exact) mass is 294 g/mol. The van der Waals surface area contributed by atoms with Crippen LogP contribution in [0.4, 0.5) is 26.3 Å². The van der Waals surface area contributed by atoms with Crippen LogP contribution >= 0.6 is 0 Å². The minimum Gasteiger partial charge on any atom is -0.503 e. The summed E-state index contributed by atoms with van der Waals surface area (Å²) < 4.78 is 79.7. The molecule has 0 atom stereocenters. The van der Waals surface area contributed by atoms with E-state index in [0.29, 0.717) is 12.1 Å². The summed E-state index contributed by atoms with van der Waals surface area (Å²) in [6, 6.07) is 0.942. The largest absolute Gasteiger partial charge is 0.503 e. The Balaban J connectivity index is 2.87. The van der Waals surface area contributed by atoms with Crippen LogP contribution in [0.15, 0.2) is 12.1 Å². The van der Waals surface area contributed by atoms with E-state index in [4.69, 9.17) is 10.2 Å². The predicted molar refractivity (Wildman–Crippen MR) is 55.0 cm³/mol. The Morgan fingerprint density at radius 3 is 1.60 bits per heavy atom. The summed E-state index contributed by atoms with van der Waals surface area (Å²) >= 11 is 0. The highest BCUT2D eigenvalue weighted by molar-refractivity contribution is 5.68. The van der Waals surface area contributed by atoms with Crippen molar-refractivity contribution in [3.63, 3.8) is 0 Å². The fraction of sp³-hybridized carbons (Fsp3) is 0. The summed E-state index contributed by atoms with van der Waals surface area (Å²) in [5, 5.41) is 17.8. The second-order valence-electron chi connectivity index (χ2n) is 3.74. The highest BCUT2D eigenvalue weighted by Crippen LogP contribution is 2.38. The van der Waals surface area contributed by atoms with Gasteiger partial charge in [-0.25, -0.2) is 17.6 Å². The molecule has 8 heteroatoms. The van der Waals surface area contributed by atoms with E-state index in [9.17, 15) is 26.3 Å². The summed E-state index contributed by atoms with van der Waals surface area (Å²) in [4.78, 5) is 0. The van der Waals surface area contributed by atoms with Crippen molar-refractivity contribution in [1.29, 1.82) is 0 Å². The zero-order chi connectivity index (χ0) is 15.2. The van der Waals surface area contributed by atoms with Crippen LogP contribution in [-0.2, 0) is 0 Å². The molecule has 0 aromatic heterocycles. The predicted octanol–water partition coefficient (Wildman–Crippen LogP) is 3.60. The summed E-state index contributed by atoms with van der Waals surface area (Å²) in [5.41, 5.74) is -2.61. The van der Waals surface area contributed by atoms with Crippen LogP contribution in [0.2, 0.25) is 0 Å². The Kier molecular flexibility index (Phi) is 3.24. The molecule has 106 valence electrons. The van der Waals surface area contributed by atoms with E-state index in [1.165, 1.54) is 0 Å². The van der Waals surface area contributed by atoms with Gasteiger partial charge in [-0.3, -0.25) is 0 Å². The Hall–Kier alpha value is -2.38. The molecule has 2 N–H and O–H groups in total. The van der Waals surface area contributed by atoms with Crippen LogP contribution in [0.3, 0.4) is 0 Å². The molecule has 0 aliphatic rings. The lowest BCUT2D eigenvalue weighted by molar-refractivity contribution is 0.357. The van der Waals surface area contributed by atoms with Crippen molar-refractivity contribution in [2.45, 2.75) is 0 Å². The summed E-state index contributed by atoms with van der Waals surface area (Å²) in [6.45, 7) is 0. The lowest BCUT2D eigenvalue weighted by Gasteiger charge is -2.10. The van der Waals surface area contributed by atoms with Gasteiger partial charge in [-0.2, -0.15) is 8.78 Å². The molecule has 0 saturated heterocycles. The smallest absolute Gasteiger partial charge is 0.204 e. The molecule has 0 aliphatic carbocycles. The van der Waals surface area contributed by atoms with Crippen molar-refractivity contribution in [3.8, 4) is 22.6 Å². The maximum atomic E-state index is 13.5. The third kappa shape index (κ3) is 1.84. The number of phenolic OH excluding ortho intramolecular Hbond substituents is 2. The van der Waals surface area contributed by atoms with E-state index in [-0.39, 0.29) is 0 Å². The number of hydrogen-bond acceptors (Lipinski definition) is 2. The molecule has 0 radical (unpaired) electrons. The number of phenols is 2. The molecule has 0 fully saturated rings. The van der Waals surface area contributed by atoms with Gasteiger partial charge in [-0.15, -0.1) is 0 Å². The first kappa shape index (κ1) is 14.0. The quantitative estimate of drug-likeness (QED) is 0.623. The fourth-order valence-electron chi connectivity index (χ4n) is 1.59. The van der Waals surface area contributed by atoms with Crippen molar-refractivity contribution in [2.75, 3.05) is 0 Å². The van der Waals surface area contributed by atoms with Gasteiger partial charge in [-0.05, 0) is 12.1 Å². The standard InChI is InChI=1S/C12H4F6O2/c13-4-2-1-3(6(14)11(4)19)5-7(15)9(17)12(20)10(18)8(5)16/h1-2,19-20H. The van der Waals surface area contributed by atoms with Crippen LogP contribution in [0, 0.1) is 34.9 Å². The first-order chi connectivity index (χ1) is 9.27. The maximum Gasteiger partial charge on any atom is 0.204 e. The highest BCUT2D eigenvalue weighted by Gasteiger charge is 2.28. The van der Waals surface area contributed by atoms with Crippen molar-refractivity contribution < 1.29 is 36.6 Å². The molecular weight excluding hydrogens is 290 g/mol. The van der Waals surface area contributed by atoms with E-state index >= 15 is 0 Å². The molecule has 0 heterocycles. The van der Waals surface area contributed by atoms with Crippen LogP contribution < -0.4 is 0 Å². The molecule has 0 saturated carbocycles. The average molecular weight is 294 g/mol. The van der Waals surface area contributed by atoms with Gasteiger partial charge in [0.05, 0.1) is 5.56 Å². The molecule has 0 aliphatic heterocycles. The van der Waals surface area contributed by atoms with Crippen molar-refractivity contribution in [2.24, 2.45) is 0 Å². The fourth-order valence-corrected chi connectivity index (χ4v) is 1.59. The number of hydrogen-bond donors (Lipinski definition) is 2. The van der Waals surface area contributed by atoms with Crippen molar-refractivity contribution in [3.05, 3.63) is 47.0 Å². The third-order valence-corrected chi connectivity index (χ3v) is 2.58. The summed E-state index contributed by atoms with van der Waals surface area (Å²) in [7, 11) is 0. The van der Waals surface area contributed by atoms with E-state index in [1.807, 2.05) is 0 Å². The maximum absolute atomic E-state index is 13.5. The summed E-state index contributed by atoms with van der Waals surface area (Å²) in [5.74, 6) is -15.1. The molecule has 2 nitrogen and oxygen atoms in total. The first-order valence-electron chi connectivity index (χ1n) is 4.99. The van der Waals surface area contributed by atoms with Gasteiger partial charge in [0.2, 0.25) is 11.6 Å². The Morgan fingerprint density at radius 2 is 1.10 bits per heavy atom. The van der Waals surface area contributed by atoms with Crippen molar-refractivity contribution >= 4 is 0 Å². The molecule has 2 rings (SSSR count). The normalized spacial score (nSPS) is 10.9. The molecule has 0 bridgehead atoms. The average Bonchev–Trinajstić information content (AvgIpc) is 2.43. The van der Waals surface area contributed by atoms with Crippen LogP contribution in [0.25, 0.3) is 11.1 Å². The lowest BCUT2D eigenvalue weighted by Crippen LogP contribution is -2.02. The Labute approximate surface area is 107 Å². The van der Waals surface area contributed by atoms with Gasteiger partial charge in [0, 0.05) is 5.56 Å². The number of aromatic hydroxyl groups is 2. The van der Waals surface area contributed by atoms with Gasteiger partial charge < -0.3 is 10.2 Å². The summed E-state index contributed by atoms with van der Waals surface area (Å²) in [6.07, 6.45) is 0. The molecule has 2 aromatic rings. The van der Waals surface area contributed by atoms with E-state index in [0.717, 1.165) is 0 Å². The first-order valence-corrected chi connectivity index (χ1v) is 4.99. The lowest BCUT2D eigenvalue weighted by atomic mass is 10.0. The van der Waals surface area contributed by atoms with Gasteiger partial charge >= 0.3 is 0 Å². The number of rotatable bonds is 1. The van der Waals surface area contributed by atoms with Crippen molar-refractivity contribution in [1.82, 2.24) is 0 Å². The van der Waals surface area contributed by atoms with Gasteiger partial charge in [0.1, 0.15) is 0 Å². The van der Waals surface area contributed by atoms with Gasteiger partial charge in [-0.1, -0.05) is 0 Å². The molecule has 0 amide bonds. The topological polar surface area (TPSA) is 40.5 Å². The van der Waals surface area contributed by atoms with Crippen LogP contribution in [-0.4, -0.2) is 10.2 Å². The van der Waals surface area contributed by atoms with Crippen LogP contribution in [0.5, 0.6) is 11.5 Å². The Bertz CT molecular complexity index is 685. The minimum atomic E-state index is -2.14. The second kappa shape index (κ2) is 4.62.